The maximum absolute atomic E-state index is 6.22. The normalized spacial score (nSPS) is 30.3. The Bertz CT molecular complexity index is 369. The quantitative estimate of drug-likeness (QED) is 0.782. The number of nitrogens with two attached hydrogens (primary N) is 1. The summed E-state index contributed by atoms with van der Waals surface area (Å²) in [6.45, 7) is 2.51. The zero-order valence-corrected chi connectivity index (χ0v) is 9.73. The van der Waals surface area contributed by atoms with Crippen LogP contribution in [0.1, 0.15) is 48.9 Å². The van der Waals surface area contributed by atoms with E-state index in [0.29, 0.717) is 6.04 Å². The molecule has 1 saturated heterocycles. The molecule has 1 aromatic rings. The van der Waals surface area contributed by atoms with Gasteiger partial charge in [-0.15, -0.1) is 0 Å². The number of hydrogen-bond acceptors (Lipinski definition) is 2. The van der Waals surface area contributed by atoms with E-state index >= 15 is 0 Å². The van der Waals surface area contributed by atoms with Gasteiger partial charge < -0.3 is 5.73 Å². The molecule has 0 radical (unpaired) electrons. The molecular formula is C14H20N2. The van der Waals surface area contributed by atoms with E-state index in [0.717, 1.165) is 6.42 Å². The summed E-state index contributed by atoms with van der Waals surface area (Å²) >= 11 is 0. The topological polar surface area (TPSA) is 29.3 Å². The number of rotatable bonds is 1. The van der Waals surface area contributed by atoms with Crippen molar-refractivity contribution in [1.29, 1.82) is 0 Å². The van der Waals surface area contributed by atoms with Crippen molar-refractivity contribution in [2.24, 2.45) is 5.73 Å². The second-order valence-electron chi connectivity index (χ2n) is 5.08. The van der Waals surface area contributed by atoms with Crippen LogP contribution in [-0.4, -0.2) is 18.0 Å². The molecule has 0 spiro atoms. The third-order valence-electron chi connectivity index (χ3n) is 4.06. The highest BCUT2D eigenvalue weighted by molar-refractivity contribution is 5.37. The molecule has 2 heteroatoms. The molecule has 86 valence electrons. The van der Waals surface area contributed by atoms with E-state index in [9.17, 15) is 0 Å². The number of nitrogens with zero attached hydrogens (tertiary/aromatic N) is 1. The lowest BCUT2D eigenvalue weighted by Gasteiger charge is -2.32. The van der Waals surface area contributed by atoms with Gasteiger partial charge in [0.15, 0.2) is 0 Å². The summed E-state index contributed by atoms with van der Waals surface area (Å²) in [6.07, 6.45) is 5.22. The minimum absolute atomic E-state index is 0.253. The van der Waals surface area contributed by atoms with Gasteiger partial charge >= 0.3 is 0 Å². The highest BCUT2D eigenvalue weighted by Crippen LogP contribution is 2.41. The smallest absolute Gasteiger partial charge is 0.0369 e. The average molecular weight is 216 g/mol. The van der Waals surface area contributed by atoms with Crippen molar-refractivity contribution < 1.29 is 0 Å². The average Bonchev–Trinajstić information content (AvgIpc) is 2.69. The molecule has 1 aromatic carbocycles. The Morgan fingerprint density at radius 2 is 1.69 bits per heavy atom. The van der Waals surface area contributed by atoms with Crippen LogP contribution in [0.5, 0.6) is 0 Å². The molecule has 0 aromatic heterocycles. The second kappa shape index (κ2) is 4.19. The summed E-state index contributed by atoms with van der Waals surface area (Å²) < 4.78 is 0. The van der Waals surface area contributed by atoms with Gasteiger partial charge in [-0.1, -0.05) is 30.7 Å². The first-order chi connectivity index (χ1) is 7.86. The zero-order valence-electron chi connectivity index (χ0n) is 9.73. The van der Waals surface area contributed by atoms with Gasteiger partial charge in [0.2, 0.25) is 0 Å². The van der Waals surface area contributed by atoms with Gasteiger partial charge in [0.05, 0.1) is 0 Å². The Kier molecular flexibility index (Phi) is 2.70. The van der Waals surface area contributed by atoms with Crippen LogP contribution in [0.4, 0.5) is 0 Å². The molecule has 2 aliphatic rings. The Morgan fingerprint density at radius 1 is 1.00 bits per heavy atom. The Balaban J connectivity index is 1.87. The lowest BCUT2D eigenvalue weighted by atomic mass is 10.0. The number of benzene rings is 1. The molecule has 1 aliphatic heterocycles. The first-order valence-electron chi connectivity index (χ1n) is 6.45. The molecule has 2 nitrogen and oxygen atoms in total. The Labute approximate surface area is 97.4 Å². The molecule has 3 rings (SSSR count). The van der Waals surface area contributed by atoms with Crippen molar-refractivity contribution >= 4 is 0 Å². The highest BCUT2D eigenvalue weighted by atomic mass is 15.2. The lowest BCUT2D eigenvalue weighted by Crippen LogP contribution is -2.33. The first kappa shape index (κ1) is 10.3. The number of likely N-dealkylation sites (tertiary alicyclic amines) is 1. The summed E-state index contributed by atoms with van der Waals surface area (Å²) in [7, 11) is 0. The third-order valence-corrected chi connectivity index (χ3v) is 4.06. The molecule has 2 atom stereocenters. The molecule has 0 saturated carbocycles. The van der Waals surface area contributed by atoms with Crippen molar-refractivity contribution in [3.05, 3.63) is 35.4 Å². The van der Waals surface area contributed by atoms with Crippen LogP contribution in [0.2, 0.25) is 0 Å². The van der Waals surface area contributed by atoms with Crippen LogP contribution >= 0.6 is 0 Å². The summed E-state index contributed by atoms with van der Waals surface area (Å²) in [5, 5.41) is 0. The summed E-state index contributed by atoms with van der Waals surface area (Å²) in [5.41, 5.74) is 9.07. The largest absolute Gasteiger partial charge is 0.324 e. The number of hydrogen-bond donors (Lipinski definition) is 1. The monoisotopic (exact) mass is 216 g/mol. The lowest BCUT2D eigenvalue weighted by molar-refractivity contribution is 0.159. The van der Waals surface area contributed by atoms with Crippen molar-refractivity contribution in [3.63, 3.8) is 0 Å². The molecule has 2 unspecified atom stereocenters. The summed E-state index contributed by atoms with van der Waals surface area (Å²) in [4.78, 5) is 2.63. The summed E-state index contributed by atoms with van der Waals surface area (Å²) in [6, 6.07) is 9.56. The maximum atomic E-state index is 6.22. The second-order valence-corrected chi connectivity index (χ2v) is 5.08. The van der Waals surface area contributed by atoms with Crippen LogP contribution in [0.15, 0.2) is 24.3 Å². The van der Waals surface area contributed by atoms with Crippen LogP contribution in [-0.2, 0) is 0 Å². The first-order valence-corrected chi connectivity index (χ1v) is 6.45. The third kappa shape index (κ3) is 1.66. The van der Waals surface area contributed by atoms with Crippen LogP contribution < -0.4 is 5.73 Å². The van der Waals surface area contributed by atoms with Gasteiger partial charge in [0.1, 0.15) is 0 Å². The van der Waals surface area contributed by atoms with Gasteiger partial charge in [0, 0.05) is 12.1 Å². The van der Waals surface area contributed by atoms with Crippen molar-refractivity contribution in [1.82, 2.24) is 4.90 Å². The highest BCUT2D eigenvalue weighted by Gasteiger charge is 2.32. The molecular weight excluding hydrogens is 196 g/mol. The maximum Gasteiger partial charge on any atom is 0.0369 e. The predicted molar refractivity (Wildman–Crippen MR) is 66.2 cm³/mol. The zero-order chi connectivity index (χ0) is 11.0. The van der Waals surface area contributed by atoms with Crippen molar-refractivity contribution in [2.45, 2.75) is 37.8 Å². The van der Waals surface area contributed by atoms with Crippen LogP contribution in [0.3, 0.4) is 0 Å². The predicted octanol–water partition coefficient (Wildman–Crippen LogP) is 2.62. The molecule has 1 fully saturated rings. The molecule has 1 heterocycles. The van der Waals surface area contributed by atoms with Gasteiger partial charge in [-0.3, -0.25) is 4.90 Å². The fourth-order valence-electron chi connectivity index (χ4n) is 3.22. The van der Waals surface area contributed by atoms with Gasteiger partial charge in [0.25, 0.3) is 0 Å². The number of fused-ring (bicyclic) bond motifs is 1. The Morgan fingerprint density at radius 3 is 2.44 bits per heavy atom. The molecule has 16 heavy (non-hydrogen) atoms. The van der Waals surface area contributed by atoms with E-state index < -0.39 is 0 Å². The van der Waals surface area contributed by atoms with E-state index in [1.165, 1.54) is 43.5 Å². The van der Waals surface area contributed by atoms with Crippen molar-refractivity contribution in [2.75, 3.05) is 13.1 Å². The van der Waals surface area contributed by atoms with Crippen LogP contribution in [0, 0.1) is 0 Å². The SMILES string of the molecule is NC1CC(N2CCCCC2)c2ccccc21. The van der Waals surface area contributed by atoms with Crippen molar-refractivity contribution in [3.8, 4) is 0 Å². The molecule has 2 N–H and O–H groups in total. The molecule has 0 amide bonds. The van der Waals surface area contributed by atoms with E-state index in [1.54, 1.807) is 0 Å². The Hall–Kier alpha value is -0.860. The fourth-order valence-corrected chi connectivity index (χ4v) is 3.22. The van der Waals surface area contributed by atoms with Gasteiger partial charge in [-0.2, -0.15) is 0 Å². The van der Waals surface area contributed by atoms with E-state index in [1.807, 2.05) is 0 Å². The number of piperidine rings is 1. The minimum Gasteiger partial charge on any atom is -0.324 e. The van der Waals surface area contributed by atoms with E-state index in [4.69, 9.17) is 5.73 Å². The fraction of sp³-hybridized carbons (Fsp3) is 0.571. The molecule has 0 bridgehead atoms. The summed E-state index contributed by atoms with van der Waals surface area (Å²) in [5.74, 6) is 0. The molecule has 1 aliphatic carbocycles. The van der Waals surface area contributed by atoms with E-state index in [2.05, 4.69) is 29.2 Å². The van der Waals surface area contributed by atoms with Gasteiger partial charge in [-0.25, -0.2) is 0 Å². The standard InChI is InChI=1S/C14H20N2/c15-13-10-14(16-8-4-1-5-9-16)12-7-3-2-6-11(12)13/h2-3,6-7,13-14H,1,4-5,8-10,15H2. The van der Waals surface area contributed by atoms with E-state index in [-0.39, 0.29) is 6.04 Å². The van der Waals surface area contributed by atoms with Crippen LogP contribution in [0.25, 0.3) is 0 Å². The van der Waals surface area contributed by atoms with Gasteiger partial charge in [-0.05, 0) is 43.5 Å². The minimum atomic E-state index is 0.253.